The van der Waals surface area contributed by atoms with Crippen molar-refractivity contribution in [2.45, 2.75) is 57.3 Å². The smallest absolute Gasteiger partial charge is 0.278 e. The maximum Gasteiger partial charge on any atom is 0.278 e. The fourth-order valence-corrected chi connectivity index (χ4v) is 5.20. The molecule has 4 atom stereocenters. The van der Waals surface area contributed by atoms with Crippen LogP contribution >= 0.6 is 0 Å². The van der Waals surface area contributed by atoms with Gasteiger partial charge in [0.15, 0.2) is 6.29 Å². The normalized spacial score (nSPS) is 24.6. The molecule has 0 spiro atoms. The van der Waals surface area contributed by atoms with Gasteiger partial charge in [-0.15, -0.1) is 0 Å². The molecule has 5 rings (SSSR count). The van der Waals surface area contributed by atoms with Crippen molar-refractivity contribution in [1.29, 1.82) is 0 Å². The Morgan fingerprint density at radius 3 is 2.66 bits per heavy atom. The highest BCUT2D eigenvalue weighted by Crippen LogP contribution is 2.23. The molecular weight excluding hydrogens is 488 g/mol. The Morgan fingerprint density at radius 2 is 1.92 bits per heavy atom. The zero-order chi connectivity index (χ0) is 26.6. The van der Waals surface area contributed by atoms with Gasteiger partial charge in [0, 0.05) is 62.6 Å². The Bertz CT molecular complexity index is 1210. The molecule has 4 N–H and O–H groups in total. The molecule has 38 heavy (non-hydrogen) atoms. The van der Waals surface area contributed by atoms with Gasteiger partial charge >= 0.3 is 0 Å². The summed E-state index contributed by atoms with van der Waals surface area (Å²) in [5, 5.41) is 24.5. The first-order valence-electron chi connectivity index (χ1n) is 13.2. The second-order valence-corrected chi connectivity index (χ2v) is 10.2. The van der Waals surface area contributed by atoms with Crippen LogP contribution in [-0.2, 0) is 23.2 Å². The van der Waals surface area contributed by atoms with E-state index in [1.807, 2.05) is 0 Å². The standard InChI is InChI=1S/C27H36N6O5/c1-17-25(35)23(34)11-24(37-17)38-31-26(36)19-14-29-27(30-15-19)33-9-7-18(8-10-33)12-28-13-20-16-32(2)22-6-4-3-5-21(20)22/h3-6,14-18,23-25,28,34-35H,7-13H2,1-2H3,(H,31,36)/t17-,23-,24-,25+/m0/s1. The molecule has 0 bridgehead atoms. The Hall–Kier alpha value is -3.09. The SMILES string of the molecule is C[C@@H]1O[C@@H](ONC(=O)c2cnc(N3CCC(CNCc4cn(C)c5ccccc45)CC3)nc2)C[C@H](O)[C@@H]1O. The molecule has 4 heterocycles. The van der Waals surface area contributed by atoms with Crippen LogP contribution in [0, 0.1) is 5.92 Å². The highest BCUT2D eigenvalue weighted by Gasteiger charge is 2.35. The van der Waals surface area contributed by atoms with Crippen molar-refractivity contribution in [2.24, 2.45) is 13.0 Å². The molecule has 11 heteroatoms. The van der Waals surface area contributed by atoms with Gasteiger partial charge < -0.3 is 29.7 Å². The number of piperidine rings is 1. The highest BCUT2D eigenvalue weighted by molar-refractivity contribution is 5.92. The molecule has 2 saturated heterocycles. The molecular formula is C27H36N6O5. The predicted molar refractivity (Wildman–Crippen MR) is 141 cm³/mol. The van der Waals surface area contributed by atoms with E-state index in [1.165, 1.54) is 28.9 Å². The summed E-state index contributed by atoms with van der Waals surface area (Å²) in [6.07, 6.45) is 3.87. The minimum atomic E-state index is -0.983. The number of nitrogens with one attached hydrogen (secondary N) is 2. The van der Waals surface area contributed by atoms with Crippen molar-refractivity contribution in [1.82, 2.24) is 25.3 Å². The van der Waals surface area contributed by atoms with Crippen LogP contribution in [0.3, 0.4) is 0 Å². The summed E-state index contributed by atoms with van der Waals surface area (Å²) in [5.41, 5.74) is 5.14. The summed E-state index contributed by atoms with van der Waals surface area (Å²) in [5.74, 6) is 0.684. The zero-order valence-electron chi connectivity index (χ0n) is 21.8. The Balaban J connectivity index is 1.05. The summed E-state index contributed by atoms with van der Waals surface area (Å²) >= 11 is 0. The van der Waals surface area contributed by atoms with E-state index in [1.54, 1.807) is 6.92 Å². The number of carbonyl (C=O) groups is 1. The van der Waals surface area contributed by atoms with Crippen molar-refractivity contribution < 1.29 is 24.6 Å². The van der Waals surface area contributed by atoms with E-state index < -0.39 is 30.5 Å². The van der Waals surface area contributed by atoms with Crippen molar-refractivity contribution >= 4 is 22.8 Å². The number of amides is 1. The molecule has 1 aromatic carbocycles. The number of hydrogen-bond acceptors (Lipinski definition) is 9. The lowest BCUT2D eigenvalue weighted by atomic mass is 9.97. The van der Waals surface area contributed by atoms with Crippen molar-refractivity contribution in [2.75, 3.05) is 24.5 Å². The number of nitrogens with zero attached hydrogens (tertiary/aromatic N) is 4. The van der Waals surface area contributed by atoms with Crippen LogP contribution in [0.2, 0.25) is 0 Å². The molecule has 3 aromatic rings. The lowest BCUT2D eigenvalue weighted by Gasteiger charge is -2.34. The fraction of sp³-hybridized carbons (Fsp3) is 0.519. The number of benzene rings is 1. The van der Waals surface area contributed by atoms with Gasteiger partial charge in [-0.3, -0.25) is 4.79 Å². The van der Waals surface area contributed by atoms with Crippen LogP contribution in [0.1, 0.15) is 42.1 Å². The first-order chi connectivity index (χ1) is 18.4. The van der Waals surface area contributed by atoms with Crippen molar-refractivity contribution in [3.8, 4) is 0 Å². The number of aryl methyl sites for hydroxylation is 1. The monoisotopic (exact) mass is 524 g/mol. The number of rotatable bonds is 8. The third-order valence-electron chi connectivity index (χ3n) is 7.48. The van der Waals surface area contributed by atoms with Crippen LogP contribution in [0.15, 0.2) is 42.9 Å². The molecule has 2 fully saturated rings. The molecule has 0 saturated carbocycles. The second-order valence-electron chi connectivity index (χ2n) is 10.2. The van der Waals surface area contributed by atoms with Gasteiger partial charge in [0.05, 0.1) is 17.8 Å². The number of ether oxygens (including phenoxy) is 1. The third-order valence-corrected chi connectivity index (χ3v) is 7.48. The first-order valence-corrected chi connectivity index (χ1v) is 13.2. The van der Waals surface area contributed by atoms with Gasteiger partial charge in [0.25, 0.3) is 5.91 Å². The second kappa shape index (κ2) is 11.7. The van der Waals surface area contributed by atoms with Gasteiger partial charge in [0.1, 0.15) is 6.10 Å². The molecule has 2 aliphatic rings. The number of aliphatic hydroxyl groups is 2. The average Bonchev–Trinajstić information content (AvgIpc) is 3.26. The van der Waals surface area contributed by atoms with E-state index in [2.05, 4.69) is 67.7 Å². The Kier molecular flexibility index (Phi) is 8.20. The Labute approximate surface area is 221 Å². The number of aliphatic hydroxyl groups excluding tert-OH is 2. The number of fused-ring (bicyclic) bond motifs is 1. The van der Waals surface area contributed by atoms with Gasteiger partial charge in [-0.25, -0.2) is 20.3 Å². The molecule has 1 amide bonds. The van der Waals surface area contributed by atoms with Crippen LogP contribution in [0.5, 0.6) is 0 Å². The molecule has 0 aliphatic carbocycles. The molecule has 204 valence electrons. The van der Waals surface area contributed by atoms with E-state index >= 15 is 0 Å². The van der Waals surface area contributed by atoms with E-state index in [0.717, 1.165) is 39.0 Å². The lowest BCUT2D eigenvalue weighted by molar-refractivity contribution is -0.259. The van der Waals surface area contributed by atoms with E-state index in [0.29, 0.717) is 11.9 Å². The molecule has 2 aromatic heterocycles. The van der Waals surface area contributed by atoms with Gasteiger partial charge in [-0.2, -0.15) is 0 Å². The van der Waals surface area contributed by atoms with Gasteiger partial charge in [0.2, 0.25) is 5.95 Å². The molecule has 2 aliphatic heterocycles. The van der Waals surface area contributed by atoms with Crippen LogP contribution in [0.4, 0.5) is 5.95 Å². The minimum Gasteiger partial charge on any atom is -0.390 e. The number of hydrogen-bond donors (Lipinski definition) is 4. The number of aromatic nitrogens is 3. The van der Waals surface area contributed by atoms with Gasteiger partial charge in [-0.05, 0) is 43.9 Å². The maximum absolute atomic E-state index is 12.4. The lowest BCUT2D eigenvalue weighted by Crippen LogP contribution is -2.49. The quantitative estimate of drug-likeness (QED) is 0.323. The van der Waals surface area contributed by atoms with Crippen molar-refractivity contribution in [3.63, 3.8) is 0 Å². The zero-order valence-corrected chi connectivity index (χ0v) is 21.8. The topological polar surface area (TPSA) is 134 Å². The predicted octanol–water partition coefficient (Wildman–Crippen LogP) is 1.49. The molecule has 0 radical (unpaired) electrons. The Morgan fingerprint density at radius 1 is 1.18 bits per heavy atom. The number of anilines is 1. The van der Waals surface area contributed by atoms with Crippen LogP contribution < -0.4 is 15.7 Å². The fourth-order valence-electron chi connectivity index (χ4n) is 5.20. The average molecular weight is 525 g/mol. The molecule has 0 unspecified atom stereocenters. The van der Waals surface area contributed by atoms with Crippen LogP contribution in [-0.4, -0.2) is 74.9 Å². The van der Waals surface area contributed by atoms with Gasteiger partial charge in [-0.1, -0.05) is 18.2 Å². The minimum absolute atomic E-state index is 0.0515. The summed E-state index contributed by atoms with van der Waals surface area (Å²) in [6, 6.07) is 8.48. The summed E-state index contributed by atoms with van der Waals surface area (Å²) in [7, 11) is 2.09. The molecule has 11 nitrogen and oxygen atoms in total. The van der Waals surface area contributed by atoms with Crippen molar-refractivity contribution in [3.05, 3.63) is 54.0 Å². The number of carbonyl (C=O) groups excluding carboxylic acids is 1. The summed E-state index contributed by atoms with van der Waals surface area (Å²) < 4.78 is 7.61. The van der Waals surface area contributed by atoms with E-state index in [9.17, 15) is 15.0 Å². The van der Waals surface area contributed by atoms with E-state index in [-0.39, 0.29) is 12.0 Å². The largest absolute Gasteiger partial charge is 0.390 e. The maximum atomic E-state index is 12.4. The van der Waals surface area contributed by atoms with Crippen LogP contribution in [0.25, 0.3) is 10.9 Å². The van der Waals surface area contributed by atoms with E-state index in [4.69, 9.17) is 9.57 Å². The third kappa shape index (κ3) is 5.97. The summed E-state index contributed by atoms with van der Waals surface area (Å²) in [6.45, 7) is 5.17. The summed E-state index contributed by atoms with van der Waals surface area (Å²) in [4.78, 5) is 28.6. The number of hydroxylamine groups is 1. The highest BCUT2D eigenvalue weighted by atomic mass is 16.8. The number of para-hydroxylation sites is 1. The first kappa shape index (κ1) is 26.5.